The smallest absolute Gasteiger partial charge is 0.270 e. The molecule has 0 saturated carbocycles. The summed E-state index contributed by atoms with van der Waals surface area (Å²) in [7, 11) is 0. The normalized spacial score (nSPS) is 14.1. The average molecular weight is 446 g/mol. The van der Waals surface area contributed by atoms with E-state index < -0.39 is 4.92 Å². The first-order valence-corrected chi connectivity index (χ1v) is 11.1. The molecule has 1 saturated heterocycles. The number of nitrogens with zero attached hydrogens (tertiary/aromatic N) is 5. The van der Waals surface area contributed by atoms with E-state index in [-0.39, 0.29) is 11.6 Å². The van der Waals surface area contributed by atoms with Crippen LogP contribution in [-0.2, 0) is 6.42 Å². The first-order chi connectivity index (χ1) is 15.9. The third-order valence-corrected chi connectivity index (χ3v) is 5.91. The molecule has 170 valence electrons. The SMILES string of the molecule is Cc1nc(C)c(Cc2ccccc2)c(N2CCCN(C(=O)c3cccc([N+](=O)[O-])c3)CC2)n1. The zero-order valence-electron chi connectivity index (χ0n) is 18.9. The summed E-state index contributed by atoms with van der Waals surface area (Å²) in [6.07, 6.45) is 1.53. The average Bonchev–Trinajstić information content (AvgIpc) is 3.07. The summed E-state index contributed by atoms with van der Waals surface area (Å²) in [5.41, 5.74) is 3.54. The van der Waals surface area contributed by atoms with Crippen molar-refractivity contribution >= 4 is 17.4 Å². The summed E-state index contributed by atoms with van der Waals surface area (Å²) in [6.45, 7) is 6.45. The Kier molecular flexibility index (Phi) is 6.63. The molecule has 3 aromatic rings. The fourth-order valence-electron chi connectivity index (χ4n) is 4.25. The summed E-state index contributed by atoms with van der Waals surface area (Å²) >= 11 is 0. The first-order valence-electron chi connectivity index (χ1n) is 11.1. The van der Waals surface area contributed by atoms with Gasteiger partial charge in [0.25, 0.3) is 11.6 Å². The summed E-state index contributed by atoms with van der Waals surface area (Å²) in [4.78, 5) is 37.1. The van der Waals surface area contributed by atoms with E-state index in [1.165, 1.54) is 17.7 Å². The van der Waals surface area contributed by atoms with E-state index >= 15 is 0 Å². The Morgan fingerprint density at radius 2 is 1.79 bits per heavy atom. The van der Waals surface area contributed by atoms with E-state index in [4.69, 9.17) is 4.98 Å². The van der Waals surface area contributed by atoms with Crippen LogP contribution in [0.3, 0.4) is 0 Å². The lowest BCUT2D eigenvalue weighted by Crippen LogP contribution is -2.35. The van der Waals surface area contributed by atoms with Crippen molar-refractivity contribution in [1.29, 1.82) is 0 Å². The predicted molar refractivity (Wildman–Crippen MR) is 127 cm³/mol. The van der Waals surface area contributed by atoms with Crippen molar-refractivity contribution in [3.8, 4) is 0 Å². The number of benzene rings is 2. The minimum absolute atomic E-state index is 0.0743. The van der Waals surface area contributed by atoms with Crippen molar-refractivity contribution < 1.29 is 9.72 Å². The zero-order chi connectivity index (χ0) is 23.4. The van der Waals surface area contributed by atoms with Gasteiger partial charge in [0.1, 0.15) is 11.6 Å². The van der Waals surface area contributed by atoms with Gasteiger partial charge in [0.05, 0.1) is 4.92 Å². The second-order valence-corrected chi connectivity index (χ2v) is 8.26. The molecule has 0 spiro atoms. The van der Waals surface area contributed by atoms with Gasteiger partial charge in [0, 0.05) is 61.6 Å². The monoisotopic (exact) mass is 445 g/mol. The molecule has 1 aliphatic heterocycles. The third-order valence-electron chi connectivity index (χ3n) is 5.91. The Labute approximate surface area is 193 Å². The predicted octanol–water partition coefficient (Wildman–Crippen LogP) is 3.94. The molecule has 0 aliphatic carbocycles. The van der Waals surface area contributed by atoms with Gasteiger partial charge in [-0.05, 0) is 31.9 Å². The maximum absolute atomic E-state index is 13.0. The molecule has 8 heteroatoms. The van der Waals surface area contributed by atoms with E-state index in [0.717, 1.165) is 42.3 Å². The summed E-state index contributed by atoms with van der Waals surface area (Å²) in [6, 6.07) is 16.2. The number of aromatic nitrogens is 2. The van der Waals surface area contributed by atoms with Crippen molar-refractivity contribution in [3.05, 3.63) is 92.9 Å². The Morgan fingerprint density at radius 1 is 1.00 bits per heavy atom. The van der Waals surface area contributed by atoms with Crippen LogP contribution in [0.5, 0.6) is 0 Å². The van der Waals surface area contributed by atoms with Crippen LogP contribution in [-0.4, -0.2) is 51.9 Å². The zero-order valence-corrected chi connectivity index (χ0v) is 18.9. The highest BCUT2D eigenvalue weighted by molar-refractivity contribution is 5.94. The fourth-order valence-corrected chi connectivity index (χ4v) is 4.25. The molecule has 4 rings (SSSR count). The quantitative estimate of drug-likeness (QED) is 0.436. The van der Waals surface area contributed by atoms with E-state index in [1.54, 1.807) is 17.0 Å². The van der Waals surface area contributed by atoms with Crippen molar-refractivity contribution in [1.82, 2.24) is 14.9 Å². The van der Waals surface area contributed by atoms with Crippen LogP contribution in [0.1, 0.15) is 39.4 Å². The van der Waals surface area contributed by atoms with E-state index in [9.17, 15) is 14.9 Å². The number of aryl methyl sites for hydroxylation is 2. The Balaban J connectivity index is 1.55. The van der Waals surface area contributed by atoms with Gasteiger partial charge in [0.15, 0.2) is 0 Å². The van der Waals surface area contributed by atoms with Crippen LogP contribution < -0.4 is 4.90 Å². The number of carbonyl (C=O) groups is 1. The maximum Gasteiger partial charge on any atom is 0.270 e. The summed E-state index contributed by atoms with van der Waals surface area (Å²) < 4.78 is 0. The Morgan fingerprint density at radius 3 is 2.55 bits per heavy atom. The van der Waals surface area contributed by atoms with Crippen molar-refractivity contribution in [2.45, 2.75) is 26.7 Å². The first kappa shape index (κ1) is 22.4. The van der Waals surface area contributed by atoms with Crippen LogP contribution in [0.4, 0.5) is 11.5 Å². The van der Waals surface area contributed by atoms with E-state index in [0.29, 0.717) is 25.2 Å². The largest absolute Gasteiger partial charge is 0.354 e. The van der Waals surface area contributed by atoms with Gasteiger partial charge in [-0.2, -0.15) is 0 Å². The summed E-state index contributed by atoms with van der Waals surface area (Å²) in [5.74, 6) is 1.47. The van der Waals surface area contributed by atoms with Crippen LogP contribution in [0.2, 0.25) is 0 Å². The molecule has 2 heterocycles. The van der Waals surface area contributed by atoms with Gasteiger partial charge in [-0.25, -0.2) is 9.97 Å². The number of amides is 1. The molecule has 1 fully saturated rings. The third kappa shape index (κ3) is 5.16. The second-order valence-electron chi connectivity index (χ2n) is 8.26. The standard InChI is InChI=1S/C25H27N5O3/c1-18-23(16-20-8-4-3-5-9-20)24(27-19(2)26-18)28-12-7-13-29(15-14-28)25(31)21-10-6-11-22(17-21)30(32)33/h3-6,8-11,17H,7,12-16H2,1-2H3. The number of carbonyl (C=O) groups excluding carboxylic acids is 1. The number of rotatable bonds is 5. The lowest BCUT2D eigenvalue weighted by molar-refractivity contribution is -0.384. The van der Waals surface area contributed by atoms with Gasteiger partial charge in [-0.3, -0.25) is 14.9 Å². The molecule has 0 atom stereocenters. The number of anilines is 1. The summed E-state index contributed by atoms with van der Waals surface area (Å²) in [5, 5.41) is 11.1. The van der Waals surface area contributed by atoms with E-state index in [2.05, 4.69) is 22.0 Å². The topological polar surface area (TPSA) is 92.5 Å². The minimum Gasteiger partial charge on any atom is -0.354 e. The molecule has 0 N–H and O–H groups in total. The van der Waals surface area contributed by atoms with Gasteiger partial charge in [-0.15, -0.1) is 0 Å². The second kappa shape index (κ2) is 9.77. The van der Waals surface area contributed by atoms with Crippen molar-refractivity contribution in [2.75, 3.05) is 31.1 Å². The number of hydrogen-bond donors (Lipinski definition) is 0. The van der Waals surface area contributed by atoms with Crippen LogP contribution in [0.15, 0.2) is 54.6 Å². The van der Waals surface area contributed by atoms with Crippen molar-refractivity contribution in [2.24, 2.45) is 0 Å². The lowest BCUT2D eigenvalue weighted by atomic mass is 10.0. The molecule has 33 heavy (non-hydrogen) atoms. The molecule has 2 aromatic carbocycles. The molecular weight excluding hydrogens is 418 g/mol. The highest BCUT2D eigenvalue weighted by Crippen LogP contribution is 2.25. The minimum atomic E-state index is -0.477. The Hall–Kier alpha value is -3.81. The molecule has 8 nitrogen and oxygen atoms in total. The van der Waals surface area contributed by atoms with Gasteiger partial charge in [0.2, 0.25) is 0 Å². The van der Waals surface area contributed by atoms with Crippen molar-refractivity contribution in [3.63, 3.8) is 0 Å². The molecular formula is C25H27N5O3. The highest BCUT2D eigenvalue weighted by Gasteiger charge is 2.24. The number of nitro groups is 1. The molecule has 1 aliphatic rings. The number of hydrogen-bond acceptors (Lipinski definition) is 6. The fraction of sp³-hybridized carbons (Fsp3) is 0.320. The Bertz CT molecular complexity index is 1170. The molecule has 0 radical (unpaired) electrons. The number of non-ortho nitro benzene ring substituents is 1. The molecule has 1 amide bonds. The lowest BCUT2D eigenvalue weighted by Gasteiger charge is -2.26. The number of nitro benzene ring substituents is 1. The van der Waals surface area contributed by atoms with Gasteiger partial charge >= 0.3 is 0 Å². The van der Waals surface area contributed by atoms with Crippen LogP contribution in [0.25, 0.3) is 0 Å². The van der Waals surface area contributed by atoms with Crippen LogP contribution in [0, 0.1) is 24.0 Å². The highest BCUT2D eigenvalue weighted by atomic mass is 16.6. The molecule has 0 unspecified atom stereocenters. The van der Waals surface area contributed by atoms with E-state index in [1.807, 2.05) is 32.0 Å². The van der Waals surface area contributed by atoms with Gasteiger partial charge < -0.3 is 9.80 Å². The maximum atomic E-state index is 13.0. The van der Waals surface area contributed by atoms with Crippen LogP contribution >= 0.6 is 0 Å². The van der Waals surface area contributed by atoms with Gasteiger partial charge in [-0.1, -0.05) is 36.4 Å². The molecule has 0 bridgehead atoms. The molecule has 1 aromatic heterocycles.